The summed E-state index contributed by atoms with van der Waals surface area (Å²) in [5, 5.41) is 8.45. The molecule has 3 N–H and O–H groups in total. The molecule has 0 radical (unpaired) electrons. The fraction of sp³-hybridized carbons (Fsp3) is 0.667. The van der Waals surface area contributed by atoms with Crippen molar-refractivity contribution in [2.45, 2.75) is 33.2 Å². The Morgan fingerprint density at radius 2 is 2.08 bits per heavy atom. The number of nitrogens with two attached hydrogens (primary N) is 1. The second-order valence-electron chi connectivity index (χ2n) is 3.95. The van der Waals surface area contributed by atoms with Crippen LogP contribution in [0.15, 0.2) is 12.2 Å². The van der Waals surface area contributed by atoms with Gasteiger partial charge in [0, 0.05) is 0 Å². The number of rotatable bonds is 3. The quantitative estimate of drug-likeness (QED) is 0.631. The molecule has 0 fully saturated rings. The molecule has 3 heteroatoms. The molecule has 0 aliphatic carbocycles. The lowest BCUT2D eigenvalue weighted by Crippen LogP contribution is -2.29. The standard InChI is InChI=1S/C9H17NO2/c1-9(2,3)6-4-5-7(10)8(11)12/h4,6-7H,5,10H2,1-3H3,(H,11,12)/b6-4+/t7-/m0/s1. The summed E-state index contributed by atoms with van der Waals surface area (Å²) in [4.78, 5) is 10.3. The van der Waals surface area contributed by atoms with Gasteiger partial charge < -0.3 is 10.8 Å². The summed E-state index contributed by atoms with van der Waals surface area (Å²) in [6.07, 6.45) is 4.18. The smallest absolute Gasteiger partial charge is 0.320 e. The van der Waals surface area contributed by atoms with Gasteiger partial charge in [0.25, 0.3) is 0 Å². The van der Waals surface area contributed by atoms with Crippen LogP contribution < -0.4 is 5.73 Å². The molecule has 0 aromatic rings. The van der Waals surface area contributed by atoms with E-state index in [0.717, 1.165) is 0 Å². The molecule has 3 nitrogen and oxygen atoms in total. The van der Waals surface area contributed by atoms with Crippen molar-refractivity contribution in [3.63, 3.8) is 0 Å². The molecule has 0 aliphatic rings. The summed E-state index contributed by atoms with van der Waals surface area (Å²) in [6.45, 7) is 6.15. The SMILES string of the molecule is CC(C)(C)/C=C/C[C@H](N)C(=O)O. The molecule has 70 valence electrons. The fourth-order valence-electron chi connectivity index (χ4n) is 0.669. The second-order valence-corrected chi connectivity index (χ2v) is 3.95. The van der Waals surface area contributed by atoms with Crippen molar-refractivity contribution >= 4 is 5.97 Å². The fourth-order valence-corrected chi connectivity index (χ4v) is 0.669. The number of aliphatic carboxylic acids is 1. The Hall–Kier alpha value is -0.830. The topological polar surface area (TPSA) is 63.3 Å². The largest absolute Gasteiger partial charge is 0.480 e. The minimum Gasteiger partial charge on any atom is -0.480 e. The van der Waals surface area contributed by atoms with Gasteiger partial charge in [0.05, 0.1) is 0 Å². The van der Waals surface area contributed by atoms with Crippen molar-refractivity contribution in [1.82, 2.24) is 0 Å². The van der Waals surface area contributed by atoms with E-state index in [1.807, 2.05) is 12.2 Å². The lowest BCUT2D eigenvalue weighted by Gasteiger charge is -2.11. The Balaban J connectivity index is 3.83. The Labute approximate surface area is 73.3 Å². The molecule has 12 heavy (non-hydrogen) atoms. The first-order valence-electron chi connectivity index (χ1n) is 3.99. The third kappa shape index (κ3) is 5.92. The predicted molar refractivity (Wildman–Crippen MR) is 48.8 cm³/mol. The van der Waals surface area contributed by atoms with Crippen LogP contribution in [-0.4, -0.2) is 17.1 Å². The van der Waals surface area contributed by atoms with Crippen molar-refractivity contribution in [2.75, 3.05) is 0 Å². The van der Waals surface area contributed by atoms with E-state index in [2.05, 4.69) is 20.8 Å². The number of hydrogen-bond donors (Lipinski definition) is 2. The van der Waals surface area contributed by atoms with Gasteiger partial charge in [-0.25, -0.2) is 0 Å². The molecule has 0 saturated heterocycles. The van der Waals surface area contributed by atoms with E-state index < -0.39 is 12.0 Å². The zero-order valence-electron chi connectivity index (χ0n) is 7.87. The molecular formula is C9H17NO2. The molecular weight excluding hydrogens is 154 g/mol. The summed E-state index contributed by atoms with van der Waals surface area (Å²) in [7, 11) is 0. The maximum Gasteiger partial charge on any atom is 0.320 e. The maximum absolute atomic E-state index is 10.3. The lowest BCUT2D eigenvalue weighted by atomic mass is 9.95. The number of carbonyl (C=O) groups is 1. The third-order valence-electron chi connectivity index (χ3n) is 1.33. The minimum absolute atomic E-state index is 0.0955. The van der Waals surface area contributed by atoms with Crippen molar-refractivity contribution in [3.05, 3.63) is 12.2 Å². The number of allylic oxidation sites excluding steroid dienone is 1. The number of hydrogen-bond acceptors (Lipinski definition) is 2. The summed E-state index contributed by atoms with van der Waals surface area (Å²) in [5.74, 6) is -0.950. The monoisotopic (exact) mass is 171 g/mol. The van der Waals surface area contributed by atoms with Gasteiger partial charge in [0.15, 0.2) is 0 Å². The molecule has 0 heterocycles. The Kier molecular flexibility index (Phi) is 3.96. The van der Waals surface area contributed by atoms with Crippen LogP contribution in [0.4, 0.5) is 0 Å². The van der Waals surface area contributed by atoms with Gasteiger partial charge in [-0.1, -0.05) is 32.9 Å². The molecule has 0 aliphatic heterocycles. The van der Waals surface area contributed by atoms with E-state index in [4.69, 9.17) is 10.8 Å². The van der Waals surface area contributed by atoms with E-state index in [0.29, 0.717) is 6.42 Å². The highest BCUT2D eigenvalue weighted by atomic mass is 16.4. The Morgan fingerprint density at radius 1 is 1.58 bits per heavy atom. The molecule has 0 aromatic carbocycles. The molecule has 0 spiro atoms. The van der Waals surface area contributed by atoms with Gasteiger partial charge in [-0.2, -0.15) is 0 Å². The highest BCUT2D eigenvalue weighted by Gasteiger charge is 2.09. The van der Waals surface area contributed by atoms with Crippen LogP contribution in [0.5, 0.6) is 0 Å². The van der Waals surface area contributed by atoms with Crippen LogP contribution in [0.1, 0.15) is 27.2 Å². The average Bonchev–Trinajstić information content (AvgIpc) is 1.84. The summed E-state index contributed by atoms with van der Waals surface area (Å²) in [5.41, 5.74) is 5.39. The predicted octanol–water partition coefficient (Wildman–Crippen LogP) is 1.39. The number of carboxylic acids is 1. The van der Waals surface area contributed by atoms with Crippen LogP contribution in [0.3, 0.4) is 0 Å². The molecule has 0 rings (SSSR count). The molecule has 0 amide bonds. The van der Waals surface area contributed by atoms with E-state index in [9.17, 15) is 4.79 Å². The summed E-state index contributed by atoms with van der Waals surface area (Å²) in [6, 6.07) is -0.774. The highest BCUT2D eigenvalue weighted by Crippen LogP contribution is 2.14. The van der Waals surface area contributed by atoms with E-state index in [-0.39, 0.29) is 5.41 Å². The molecule has 1 atom stereocenters. The maximum atomic E-state index is 10.3. The van der Waals surface area contributed by atoms with Gasteiger partial charge in [0.1, 0.15) is 6.04 Å². The van der Waals surface area contributed by atoms with Gasteiger partial charge in [-0.05, 0) is 11.8 Å². The van der Waals surface area contributed by atoms with Gasteiger partial charge in [-0.15, -0.1) is 0 Å². The Bertz CT molecular complexity index is 179. The van der Waals surface area contributed by atoms with Gasteiger partial charge >= 0.3 is 5.97 Å². The first-order chi connectivity index (χ1) is 5.33. The molecule has 0 aromatic heterocycles. The van der Waals surface area contributed by atoms with Crippen molar-refractivity contribution in [1.29, 1.82) is 0 Å². The zero-order chi connectivity index (χ0) is 9.78. The lowest BCUT2D eigenvalue weighted by molar-refractivity contribution is -0.138. The van der Waals surface area contributed by atoms with Crippen molar-refractivity contribution < 1.29 is 9.90 Å². The van der Waals surface area contributed by atoms with E-state index in [1.165, 1.54) is 0 Å². The summed E-state index contributed by atoms with van der Waals surface area (Å²) < 4.78 is 0. The molecule has 0 saturated carbocycles. The number of carboxylic acid groups (broad SMARTS) is 1. The van der Waals surface area contributed by atoms with E-state index in [1.54, 1.807) is 0 Å². The van der Waals surface area contributed by atoms with Crippen LogP contribution in [0, 0.1) is 5.41 Å². The van der Waals surface area contributed by atoms with Crippen LogP contribution in [0.25, 0.3) is 0 Å². The van der Waals surface area contributed by atoms with Crippen LogP contribution in [-0.2, 0) is 4.79 Å². The van der Waals surface area contributed by atoms with Gasteiger partial charge in [0.2, 0.25) is 0 Å². The molecule has 0 bridgehead atoms. The van der Waals surface area contributed by atoms with Crippen LogP contribution in [0.2, 0.25) is 0 Å². The first kappa shape index (κ1) is 11.2. The Morgan fingerprint density at radius 3 is 2.42 bits per heavy atom. The first-order valence-corrected chi connectivity index (χ1v) is 3.99. The zero-order valence-corrected chi connectivity index (χ0v) is 7.87. The second kappa shape index (κ2) is 4.26. The normalized spacial score (nSPS) is 15.0. The van der Waals surface area contributed by atoms with Crippen molar-refractivity contribution in [2.24, 2.45) is 11.1 Å². The van der Waals surface area contributed by atoms with Crippen LogP contribution >= 0.6 is 0 Å². The van der Waals surface area contributed by atoms with E-state index >= 15 is 0 Å². The summed E-state index contributed by atoms with van der Waals surface area (Å²) >= 11 is 0. The van der Waals surface area contributed by atoms with Gasteiger partial charge in [-0.3, -0.25) is 4.79 Å². The highest BCUT2D eigenvalue weighted by molar-refractivity contribution is 5.73. The van der Waals surface area contributed by atoms with Crippen molar-refractivity contribution in [3.8, 4) is 0 Å². The molecule has 0 unspecified atom stereocenters. The minimum atomic E-state index is -0.950. The third-order valence-corrected chi connectivity index (χ3v) is 1.33. The average molecular weight is 171 g/mol.